The Hall–Kier alpha value is -3.43. The standard InChI is InChI=1S/C31H39N3O7/c1-6-24-28(20(4)27(21(5)38-24)40-30(36)23-15-11-8-12-16-23)41-31-26(33-34-32)19(3)18(2)25(39-31)17-37-29(35)22-13-9-7-10-14-22/h7-16,18-21,24-28,31H,6,17H2,1-5H3/t18?,19-,20?,21?,24-,25?,26+,27?,28-,31?/m0/s1. The highest BCUT2D eigenvalue weighted by Gasteiger charge is 2.49. The molecule has 2 aromatic rings. The van der Waals surface area contributed by atoms with E-state index in [0.29, 0.717) is 17.5 Å². The van der Waals surface area contributed by atoms with E-state index in [2.05, 4.69) is 10.0 Å². The van der Waals surface area contributed by atoms with Crippen molar-refractivity contribution in [1.82, 2.24) is 0 Å². The lowest BCUT2D eigenvalue weighted by Gasteiger charge is -2.48. The minimum Gasteiger partial charge on any atom is -0.459 e. The highest BCUT2D eigenvalue weighted by molar-refractivity contribution is 5.89. The molecule has 0 amide bonds. The molecule has 41 heavy (non-hydrogen) atoms. The Morgan fingerprint density at radius 1 is 0.829 bits per heavy atom. The van der Waals surface area contributed by atoms with E-state index >= 15 is 0 Å². The van der Waals surface area contributed by atoms with Gasteiger partial charge in [0.2, 0.25) is 0 Å². The molecule has 0 spiro atoms. The minimum absolute atomic E-state index is 0.0182. The van der Waals surface area contributed by atoms with Crippen molar-refractivity contribution < 1.29 is 33.3 Å². The van der Waals surface area contributed by atoms with Crippen LogP contribution in [-0.4, -0.2) is 61.4 Å². The normalized spacial score (nSPS) is 33.3. The predicted octanol–water partition coefficient (Wildman–Crippen LogP) is 5.96. The Kier molecular flexibility index (Phi) is 10.4. The van der Waals surface area contributed by atoms with E-state index in [1.165, 1.54) is 0 Å². The van der Waals surface area contributed by atoms with Crippen LogP contribution >= 0.6 is 0 Å². The van der Waals surface area contributed by atoms with Gasteiger partial charge in [0.05, 0.1) is 41.6 Å². The van der Waals surface area contributed by atoms with E-state index in [1.54, 1.807) is 48.5 Å². The van der Waals surface area contributed by atoms with Crippen LogP contribution in [0.5, 0.6) is 0 Å². The summed E-state index contributed by atoms with van der Waals surface area (Å²) in [7, 11) is 0. The number of esters is 2. The fourth-order valence-electron chi connectivity index (χ4n) is 5.66. The molecule has 0 N–H and O–H groups in total. The first-order chi connectivity index (χ1) is 19.7. The van der Waals surface area contributed by atoms with Crippen LogP contribution in [0.4, 0.5) is 0 Å². The number of nitrogens with zero attached hydrogens (tertiary/aromatic N) is 3. The van der Waals surface area contributed by atoms with Crippen LogP contribution < -0.4 is 0 Å². The number of ether oxygens (including phenoxy) is 5. The fourth-order valence-corrected chi connectivity index (χ4v) is 5.66. The zero-order valence-electron chi connectivity index (χ0n) is 24.2. The molecule has 4 rings (SSSR count). The molecule has 0 saturated carbocycles. The molecule has 220 valence electrons. The van der Waals surface area contributed by atoms with Crippen molar-refractivity contribution in [2.45, 2.75) is 83.9 Å². The Bertz CT molecular complexity index is 1210. The van der Waals surface area contributed by atoms with Gasteiger partial charge < -0.3 is 23.7 Å². The number of hydrogen-bond acceptors (Lipinski definition) is 8. The molecule has 0 aliphatic carbocycles. The Morgan fingerprint density at radius 3 is 2.02 bits per heavy atom. The lowest BCUT2D eigenvalue weighted by atomic mass is 9.82. The predicted molar refractivity (Wildman–Crippen MR) is 151 cm³/mol. The Balaban J connectivity index is 1.51. The van der Waals surface area contributed by atoms with Crippen molar-refractivity contribution in [3.05, 3.63) is 82.2 Å². The first-order valence-corrected chi connectivity index (χ1v) is 14.2. The molecule has 2 fully saturated rings. The molecule has 10 atom stereocenters. The molecule has 0 bridgehead atoms. The third kappa shape index (κ3) is 7.08. The highest BCUT2D eigenvalue weighted by atomic mass is 16.7. The molecule has 2 aliphatic heterocycles. The maximum absolute atomic E-state index is 12.9. The molecule has 10 nitrogen and oxygen atoms in total. The van der Waals surface area contributed by atoms with Gasteiger partial charge in [0, 0.05) is 10.8 Å². The molecular formula is C31H39N3O7. The van der Waals surface area contributed by atoms with Gasteiger partial charge in [-0.2, -0.15) is 0 Å². The van der Waals surface area contributed by atoms with E-state index in [4.69, 9.17) is 23.7 Å². The molecule has 6 unspecified atom stereocenters. The number of carbonyl (C=O) groups excluding carboxylic acids is 2. The number of hydrogen-bond donors (Lipinski definition) is 0. The Morgan fingerprint density at radius 2 is 1.44 bits per heavy atom. The first-order valence-electron chi connectivity index (χ1n) is 14.2. The zero-order valence-corrected chi connectivity index (χ0v) is 24.2. The summed E-state index contributed by atoms with van der Waals surface area (Å²) < 4.78 is 30.7. The molecule has 10 heteroatoms. The third-order valence-corrected chi connectivity index (χ3v) is 8.32. The van der Waals surface area contributed by atoms with Crippen LogP contribution in [0.15, 0.2) is 65.8 Å². The third-order valence-electron chi connectivity index (χ3n) is 8.32. The van der Waals surface area contributed by atoms with Crippen molar-refractivity contribution in [3.63, 3.8) is 0 Å². The summed E-state index contributed by atoms with van der Waals surface area (Å²) in [5, 5.41) is 4.03. The summed E-state index contributed by atoms with van der Waals surface area (Å²) in [5.41, 5.74) is 10.3. The maximum atomic E-state index is 12.9. The van der Waals surface area contributed by atoms with Crippen molar-refractivity contribution in [2.75, 3.05) is 6.61 Å². The molecule has 2 aliphatic rings. The first kappa shape index (κ1) is 30.5. The number of benzene rings is 2. The molecular weight excluding hydrogens is 526 g/mol. The smallest absolute Gasteiger partial charge is 0.338 e. The second-order valence-corrected chi connectivity index (χ2v) is 10.9. The zero-order chi connectivity index (χ0) is 29.5. The van der Waals surface area contributed by atoms with Crippen molar-refractivity contribution >= 4 is 11.9 Å². The Labute approximate surface area is 240 Å². The van der Waals surface area contributed by atoms with Crippen LogP contribution in [0.2, 0.25) is 0 Å². The van der Waals surface area contributed by atoms with Gasteiger partial charge in [-0.05, 0) is 55.0 Å². The quantitative estimate of drug-likeness (QED) is 0.159. The average molecular weight is 566 g/mol. The molecule has 0 radical (unpaired) electrons. The topological polar surface area (TPSA) is 129 Å². The van der Waals surface area contributed by atoms with Gasteiger partial charge in [0.25, 0.3) is 0 Å². The SMILES string of the molecule is CC[C@@H]1OC(C)C(OC(=O)c2ccccc2)C(C)[C@@H]1OC1OC(COC(=O)c2ccccc2)C(C)[C@H](C)[C@H]1N=[N+]=[N-]. The van der Waals surface area contributed by atoms with E-state index in [1.807, 2.05) is 46.8 Å². The summed E-state index contributed by atoms with van der Waals surface area (Å²) in [6, 6.07) is 17.0. The van der Waals surface area contributed by atoms with Gasteiger partial charge in [-0.1, -0.05) is 69.2 Å². The summed E-state index contributed by atoms with van der Waals surface area (Å²) >= 11 is 0. The van der Waals surface area contributed by atoms with Gasteiger partial charge in [0.1, 0.15) is 12.7 Å². The van der Waals surface area contributed by atoms with Crippen molar-refractivity contribution in [2.24, 2.45) is 22.9 Å². The van der Waals surface area contributed by atoms with E-state index in [-0.39, 0.29) is 36.6 Å². The van der Waals surface area contributed by atoms with Crippen LogP contribution in [0.25, 0.3) is 10.4 Å². The number of rotatable bonds is 9. The monoisotopic (exact) mass is 565 g/mol. The highest BCUT2D eigenvalue weighted by Crippen LogP contribution is 2.38. The average Bonchev–Trinajstić information content (AvgIpc) is 2.99. The van der Waals surface area contributed by atoms with E-state index in [9.17, 15) is 15.1 Å². The van der Waals surface area contributed by atoms with E-state index in [0.717, 1.165) is 0 Å². The van der Waals surface area contributed by atoms with Gasteiger partial charge in [-0.15, -0.1) is 0 Å². The number of carbonyl (C=O) groups is 2. The molecule has 0 aromatic heterocycles. The lowest BCUT2D eigenvalue weighted by Crippen LogP contribution is -2.58. The van der Waals surface area contributed by atoms with Gasteiger partial charge in [-0.25, -0.2) is 9.59 Å². The second kappa shape index (κ2) is 14.0. The second-order valence-electron chi connectivity index (χ2n) is 10.9. The van der Waals surface area contributed by atoms with Gasteiger partial charge >= 0.3 is 11.9 Å². The summed E-state index contributed by atoms with van der Waals surface area (Å²) in [5.74, 6) is -1.35. The van der Waals surface area contributed by atoms with Crippen molar-refractivity contribution in [3.8, 4) is 0 Å². The molecule has 2 aromatic carbocycles. The van der Waals surface area contributed by atoms with Crippen LogP contribution in [-0.2, 0) is 23.7 Å². The van der Waals surface area contributed by atoms with Gasteiger partial charge in [-0.3, -0.25) is 0 Å². The van der Waals surface area contributed by atoms with E-state index < -0.39 is 42.6 Å². The summed E-state index contributed by atoms with van der Waals surface area (Å²) in [6.45, 7) is 9.82. The maximum Gasteiger partial charge on any atom is 0.338 e. The number of azide groups is 1. The van der Waals surface area contributed by atoms with Gasteiger partial charge in [0.15, 0.2) is 6.29 Å². The molecule has 2 saturated heterocycles. The van der Waals surface area contributed by atoms with Crippen LogP contribution in [0.1, 0.15) is 61.8 Å². The largest absolute Gasteiger partial charge is 0.459 e. The molecule has 2 heterocycles. The lowest BCUT2D eigenvalue weighted by molar-refractivity contribution is -0.295. The summed E-state index contributed by atoms with van der Waals surface area (Å²) in [4.78, 5) is 28.6. The minimum atomic E-state index is -0.915. The van der Waals surface area contributed by atoms with Crippen LogP contribution in [0.3, 0.4) is 0 Å². The van der Waals surface area contributed by atoms with Crippen molar-refractivity contribution in [1.29, 1.82) is 0 Å². The fraction of sp³-hybridized carbons (Fsp3) is 0.548. The van der Waals surface area contributed by atoms with Crippen LogP contribution in [0, 0.1) is 17.8 Å². The summed E-state index contributed by atoms with van der Waals surface area (Å²) in [6.07, 6.45) is -2.49.